The molecule has 0 saturated heterocycles. The summed E-state index contributed by atoms with van der Waals surface area (Å²) >= 11 is 0. The van der Waals surface area contributed by atoms with Crippen molar-refractivity contribution in [1.29, 1.82) is 0 Å². The predicted molar refractivity (Wildman–Crippen MR) is 358 cm³/mol. The zero-order valence-corrected chi connectivity index (χ0v) is 55.8. The van der Waals surface area contributed by atoms with Crippen LogP contribution in [0.5, 0.6) is 0 Å². The van der Waals surface area contributed by atoms with Crippen molar-refractivity contribution in [2.45, 2.75) is 431 Å². The number of allylic oxidation sites excluding steroid dienone is 4. The van der Waals surface area contributed by atoms with E-state index in [-0.39, 0.29) is 31.1 Å². The first kappa shape index (κ1) is 79.9. The van der Waals surface area contributed by atoms with Gasteiger partial charge < -0.3 is 14.2 Å². The fourth-order valence-electron chi connectivity index (χ4n) is 11.6. The van der Waals surface area contributed by atoms with Gasteiger partial charge in [0.25, 0.3) is 0 Å². The van der Waals surface area contributed by atoms with E-state index in [1.807, 2.05) is 0 Å². The number of ether oxygens (including phenoxy) is 3. The second kappa shape index (κ2) is 71.4. The third-order valence-electron chi connectivity index (χ3n) is 17.2. The van der Waals surface area contributed by atoms with E-state index in [0.717, 1.165) is 64.2 Å². The van der Waals surface area contributed by atoms with Crippen LogP contribution in [0.15, 0.2) is 24.3 Å². The molecule has 6 heteroatoms. The highest BCUT2D eigenvalue weighted by Gasteiger charge is 2.20. The first-order chi connectivity index (χ1) is 40.5. The molecule has 0 aromatic rings. The molecule has 0 aliphatic carbocycles. The van der Waals surface area contributed by atoms with Gasteiger partial charge in [-0.25, -0.2) is 0 Å². The first-order valence-corrected chi connectivity index (χ1v) is 37.3. The van der Waals surface area contributed by atoms with Crippen LogP contribution in [-0.2, 0) is 28.6 Å². The Balaban J connectivity index is 4.11. The Morgan fingerprint density at radius 3 is 0.695 bits per heavy atom. The minimum absolute atomic E-state index is 0.0664. The summed E-state index contributed by atoms with van der Waals surface area (Å²) in [5.41, 5.74) is 0. The Labute approximate surface area is 513 Å². The highest BCUT2D eigenvalue weighted by Crippen LogP contribution is 2.19. The maximum absolute atomic E-state index is 12.9. The topological polar surface area (TPSA) is 78.9 Å². The SMILES string of the molecule is CCCCC/C=C\C/C=C\CCCCCCCCCCCC(=O)OC(COC(=O)CCCCCCCCCCCCCCC)COC(=O)CCCCCCCCCCCCCCCCCCCCCCCCCCCCCCCCCC. The summed E-state index contributed by atoms with van der Waals surface area (Å²) in [6.45, 7) is 6.70. The lowest BCUT2D eigenvalue weighted by Gasteiger charge is -2.18. The third kappa shape index (κ3) is 68.7. The normalized spacial score (nSPS) is 12.1. The molecular formula is C76H144O6. The molecular weight excluding hydrogens is 1010 g/mol. The summed E-state index contributed by atoms with van der Waals surface area (Å²) < 4.78 is 17.0. The molecule has 0 aliphatic rings. The summed E-state index contributed by atoms with van der Waals surface area (Å²) in [5, 5.41) is 0. The Morgan fingerprint density at radius 1 is 0.244 bits per heavy atom. The van der Waals surface area contributed by atoms with Crippen LogP contribution in [0, 0.1) is 0 Å². The summed E-state index contributed by atoms with van der Waals surface area (Å²) in [6, 6.07) is 0. The quantitative estimate of drug-likeness (QED) is 0.0261. The summed E-state index contributed by atoms with van der Waals surface area (Å²) in [4.78, 5) is 38.4. The molecule has 0 bridgehead atoms. The molecule has 6 nitrogen and oxygen atoms in total. The number of carbonyl (C=O) groups is 3. The summed E-state index contributed by atoms with van der Waals surface area (Å²) in [7, 11) is 0. The number of unbranched alkanes of at least 4 members (excludes halogenated alkanes) is 55. The van der Waals surface area contributed by atoms with E-state index in [4.69, 9.17) is 14.2 Å². The Bertz CT molecular complexity index is 1320. The van der Waals surface area contributed by atoms with Crippen LogP contribution in [0.2, 0.25) is 0 Å². The second-order valence-electron chi connectivity index (χ2n) is 25.6. The minimum atomic E-state index is -0.770. The molecule has 0 aromatic carbocycles. The van der Waals surface area contributed by atoms with Gasteiger partial charge in [0.15, 0.2) is 6.10 Å². The number of hydrogen-bond acceptors (Lipinski definition) is 6. The molecule has 0 fully saturated rings. The van der Waals surface area contributed by atoms with Crippen LogP contribution in [-0.4, -0.2) is 37.2 Å². The summed E-state index contributed by atoms with van der Waals surface area (Å²) in [5.74, 6) is -0.838. The molecule has 0 rings (SSSR count). The molecule has 0 radical (unpaired) electrons. The second-order valence-corrected chi connectivity index (χ2v) is 25.6. The molecule has 0 aromatic heterocycles. The zero-order chi connectivity index (χ0) is 59.2. The van der Waals surface area contributed by atoms with Crippen LogP contribution in [0.3, 0.4) is 0 Å². The lowest BCUT2D eigenvalue weighted by molar-refractivity contribution is -0.167. The lowest BCUT2D eigenvalue weighted by Crippen LogP contribution is -2.30. The van der Waals surface area contributed by atoms with Gasteiger partial charge in [0.1, 0.15) is 13.2 Å². The Kier molecular flexibility index (Phi) is 69.5. The number of esters is 3. The fourth-order valence-corrected chi connectivity index (χ4v) is 11.6. The number of carbonyl (C=O) groups excluding carboxylic acids is 3. The average Bonchev–Trinajstić information content (AvgIpc) is 3.47. The smallest absolute Gasteiger partial charge is 0.306 e. The van der Waals surface area contributed by atoms with E-state index in [0.29, 0.717) is 19.3 Å². The van der Waals surface area contributed by atoms with Gasteiger partial charge >= 0.3 is 17.9 Å². The third-order valence-corrected chi connectivity index (χ3v) is 17.2. The molecule has 0 heterocycles. The van der Waals surface area contributed by atoms with Crippen LogP contribution < -0.4 is 0 Å². The molecule has 0 aliphatic heterocycles. The monoisotopic (exact) mass is 1150 g/mol. The van der Waals surface area contributed by atoms with Crippen molar-refractivity contribution in [2.75, 3.05) is 13.2 Å². The molecule has 0 spiro atoms. The molecule has 82 heavy (non-hydrogen) atoms. The van der Waals surface area contributed by atoms with E-state index in [9.17, 15) is 14.4 Å². The standard InChI is InChI=1S/C76H144O6/c1-4-7-10-13-16-19-22-25-27-29-31-32-33-34-35-36-37-38-39-40-41-42-43-45-46-48-51-54-57-60-63-66-69-75(78)81-72-73(71-80-74(77)68-65-62-59-56-53-50-24-21-18-15-12-9-6-3)82-76(79)70-67-64-61-58-55-52-49-47-44-30-28-26-23-20-17-14-11-8-5-2/h17,20,26,28,73H,4-16,18-19,21-25,27,29-72H2,1-3H3/b20-17-,28-26-. The van der Waals surface area contributed by atoms with Gasteiger partial charge in [-0.15, -0.1) is 0 Å². The largest absolute Gasteiger partial charge is 0.462 e. The Morgan fingerprint density at radius 2 is 0.439 bits per heavy atom. The van der Waals surface area contributed by atoms with Gasteiger partial charge in [-0.2, -0.15) is 0 Å². The van der Waals surface area contributed by atoms with Gasteiger partial charge in [0.2, 0.25) is 0 Å². The van der Waals surface area contributed by atoms with Crippen LogP contribution in [0.25, 0.3) is 0 Å². The van der Waals surface area contributed by atoms with Gasteiger partial charge in [-0.3, -0.25) is 14.4 Å². The molecule has 1 atom stereocenters. The first-order valence-electron chi connectivity index (χ1n) is 37.3. The van der Waals surface area contributed by atoms with Crippen molar-refractivity contribution < 1.29 is 28.6 Å². The predicted octanol–water partition coefficient (Wildman–Crippen LogP) is 25.7. The van der Waals surface area contributed by atoms with E-state index < -0.39 is 6.10 Å². The van der Waals surface area contributed by atoms with Crippen LogP contribution in [0.4, 0.5) is 0 Å². The Hall–Kier alpha value is -2.11. The van der Waals surface area contributed by atoms with Gasteiger partial charge in [0.05, 0.1) is 0 Å². The van der Waals surface area contributed by atoms with Crippen molar-refractivity contribution in [3.63, 3.8) is 0 Å². The maximum atomic E-state index is 12.9. The average molecular weight is 1150 g/mol. The maximum Gasteiger partial charge on any atom is 0.306 e. The summed E-state index contributed by atoms with van der Waals surface area (Å²) in [6.07, 6.45) is 88.0. The highest BCUT2D eigenvalue weighted by atomic mass is 16.6. The molecule has 484 valence electrons. The van der Waals surface area contributed by atoms with Gasteiger partial charge in [-0.1, -0.05) is 379 Å². The molecule has 0 N–H and O–H groups in total. The van der Waals surface area contributed by atoms with E-state index in [1.54, 1.807) is 0 Å². The molecule has 0 amide bonds. The van der Waals surface area contributed by atoms with Gasteiger partial charge in [-0.05, 0) is 51.4 Å². The van der Waals surface area contributed by atoms with E-state index in [1.165, 1.54) is 321 Å². The molecule has 1 unspecified atom stereocenters. The number of hydrogen-bond donors (Lipinski definition) is 0. The van der Waals surface area contributed by atoms with Crippen molar-refractivity contribution in [1.82, 2.24) is 0 Å². The van der Waals surface area contributed by atoms with Crippen molar-refractivity contribution in [3.8, 4) is 0 Å². The lowest BCUT2D eigenvalue weighted by atomic mass is 10.0. The van der Waals surface area contributed by atoms with Crippen molar-refractivity contribution >= 4 is 17.9 Å². The van der Waals surface area contributed by atoms with Gasteiger partial charge in [0, 0.05) is 19.3 Å². The van der Waals surface area contributed by atoms with Crippen LogP contribution in [0.1, 0.15) is 425 Å². The van der Waals surface area contributed by atoms with Crippen molar-refractivity contribution in [3.05, 3.63) is 24.3 Å². The molecule has 0 saturated carbocycles. The van der Waals surface area contributed by atoms with Crippen molar-refractivity contribution in [2.24, 2.45) is 0 Å². The zero-order valence-electron chi connectivity index (χ0n) is 55.8. The van der Waals surface area contributed by atoms with E-state index >= 15 is 0 Å². The van der Waals surface area contributed by atoms with Crippen LogP contribution >= 0.6 is 0 Å². The fraction of sp³-hybridized carbons (Fsp3) is 0.908. The van der Waals surface area contributed by atoms with E-state index in [2.05, 4.69) is 45.1 Å². The number of rotatable bonds is 70. The minimum Gasteiger partial charge on any atom is -0.462 e. The highest BCUT2D eigenvalue weighted by molar-refractivity contribution is 5.71.